The molecule has 6 heteroatoms. The molecule has 6 nitrogen and oxygen atoms in total. The molecule has 0 amide bonds. The van der Waals surface area contributed by atoms with Crippen molar-refractivity contribution in [2.75, 3.05) is 0 Å². The smallest absolute Gasteiger partial charge is 0.335 e. The van der Waals surface area contributed by atoms with Gasteiger partial charge in [-0.05, 0) is 43.7 Å². The number of aromatic nitrogens is 1. The molecule has 5 N–H and O–H groups in total. The molecule has 31 heavy (non-hydrogen) atoms. The molecule has 0 saturated heterocycles. The maximum atomic E-state index is 11.3. The number of carboxylic acid groups (broad SMARTS) is 1. The van der Waals surface area contributed by atoms with Gasteiger partial charge in [-0.2, -0.15) is 0 Å². The van der Waals surface area contributed by atoms with Gasteiger partial charge in [0.15, 0.2) is 5.88 Å². The van der Waals surface area contributed by atoms with Gasteiger partial charge >= 0.3 is 5.97 Å². The highest BCUT2D eigenvalue weighted by Gasteiger charge is 2.20. The van der Waals surface area contributed by atoms with Gasteiger partial charge in [0.25, 0.3) is 0 Å². The van der Waals surface area contributed by atoms with Gasteiger partial charge in [0.1, 0.15) is 0 Å². The molecule has 4 aromatic rings. The zero-order chi connectivity index (χ0) is 22.2. The Hall–Kier alpha value is -3.90. The van der Waals surface area contributed by atoms with Crippen molar-refractivity contribution in [3.8, 4) is 5.88 Å². The molecule has 3 aromatic carbocycles. The monoisotopic (exact) mass is 413 g/mol. The summed E-state index contributed by atoms with van der Waals surface area (Å²) in [5, 5.41) is 20.7. The van der Waals surface area contributed by atoms with Crippen LogP contribution in [0.5, 0.6) is 5.88 Å². The van der Waals surface area contributed by atoms with E-state index in [4.69, 9.17) is 10.7 Å². The lowest BCUT2D eigenvalue weighted by molar-refractivity contribution is 0.0697. The molecule has 0 atom stereocenters. The van der Waals surface area contributed by atoms with Gasteiger partial charge in [0.2, 0.25) is 0 Å². The van der Waals surface area contributed by atoms with Gasteiger partial charge in [-0.15, -0.1) is 0 Å². The third-order valence-corrected chi connectivity index (χ3v) is 5.16. The number of aliphatic imine (C=N–C) groups is 1. The Labute approximate surface area is 179 Å². The van der Waals surface area contributed by atoms with Gasteiger partial charge in [0, 0.05) is 22.0 Å². The van der Waals surface area contributed by atoms with Gasteiger partial charge in [-0.25, -0.2) is 9.79 Å². The van der Waals surface area contributed by atoms with Crippen molar-refractivity contribution in [1.29, 1.82) is 0 Å². The average Bonchev–Trinajstić information content (AvgIpc) is 3.07. The highest BCUT2D eigenvalue weighted by molar-refractivity contribution is 6.22. The number of nitrogens with two attached hydrogens (primary N) is 1. The number of carbonyl (C=O) groups is 1. The predicted molar refractivity (Wildman–Crippen MR) is 122 cm³/mol. The van der Waals surface area contributed by atoms with Crippen LogP contribution < -0.4 is 5.73 Å². The first-order valence-electron chi connectivity index (χ1n) is 9.86. The van der Waals surface area contributed by atoms with E-state index in [1.807, 2.05) is 68.4 Å². The molecule has 4 rings (SSSR count). The van der Waals surface area contributed by atoms with E-state index >= 15 is 0 Å². The zero-order valence-corrected chi connectivity index (χ0v) is 17.3. The number of nitrogens with zero attached hydrogens (tertiary/aromatic N) is 1. The van der Waals surface area contributed by atoms with Gasteiger partial charge in [0.05, 0.1) is 22.5 Å². The maximum absolute atomic E-state index is 11.3. The Morgan fingerprint density at radius 3 is 2.26 bits per heavy atom. The first-order valence-corrected chi connectivity index (χ1v) is 9.86. The summed E-state index contributed by atoms with van der Waals surface area (Å²) in [5.41, 5.74) is 10.00. The van der Waals surface area contributed by atoms with Crippen LogP contribution in [0.4, 0.5) is 5.69 Å². The Balaban J connectivity index is 1.90. The standard InChI is InChI=1S/C25H23N3O3/c1-25(2,26)17-9-11-18(12-10-17)27-22(15-6-4-3-5-7-15)21-19-13-8-16(24(30)31)14-20(19)28-23(21)29/h3-14,28-29H,26H2,1-2H3,(H,30,31). The number of carboxylic acids is 1. The molecule has 0 bridgehead atoms. The molecule has 0 aliphatic carbocycles. The number of rotatable bonds is 5. The topological polar surface area (TPSA) is 112 Å². The number of nitrogens with one attached hydrogen (secondary N) is 1. The Morgan fingerprint density at radius 1 is 0.968 bits per heavy atom. The molecule has 0 radical (unpaired) electrons. The molecule has 1 aromatic heterocycles. The Morgan fingerprint density at radius 2 is 1.65 bits per heavy atom. The second kappa shape index (κ2) is 7.74. The van der Waals surface area contributed by atoms with Crippen LogP contribution >= 0.6 is 0 Å². The largest absolute Gasteiger partial charge is 0.494 e. The Kier molecular flexibility index (Phi) is 5.09. The van der Waals surface area contributed by atoms with E-state index in [0.717, 1.165) is 11.1 Å². The molecule has 0 unspecified atom stereocenters. The molecule has 0 saturated carbocycles. The fraction of sp³-hybridized carbons (Fsp3) is 0.120. The lowest BCUT2D eigenvalue weighted by atomic mass is 9.95. The summed E-state index contributed by atoms with van der Waals surface area (Å²) >= 11 is 0. The van der Waals surface area contributed by atoms with Crippen molar-refractivity contribution >= 4 is 28.3 Å². The number of H-pyrrole nitrogens is 1. The number of hydrogen-bond donors (Lipinski definition) is 4. The maximum Gasteiger partial charge on any atom is 0.335 e. The SMILES string of the molecule is CC(C)(N)c1ccc(N=C(c2ccccc2)c2c(O)[nH]c3cc(C(=O)O)ccc23)cc1. The third-order valence-electron chi connectivity index (χ3n) is 5.16. The van der Waals surface area contributed by atoms with Crippen molar-refractivity contribution in [3.05, 3.63) is 95.1 Å². The number of aromatic hydroxyl groups is 1. The van der Waals surface area contributed by atoms with Crippen LogP contribution in [0.3, 0.4) is 0 Å². The lowest BCUT2D eigenvalue weighted by Gasteiger charge is -2.19. The van der Waals surface area contributed by atoms with Crippen LogP contribution in [0, 0.1) is 0 Å². The van der Waals surface area contributed by atoms with Crippen LogP contribution in [0.15, 0.2) is 77.8 Å². The molecular formula is C25H23N3O3. The molecule has 0 spiro atoms. The summed E-state index contributed by atoms with van der Waals surface area (Å²) in [6, 6.07) is 21.9. The molecule has 0 aliphatic rings. The van der Waals surface area contributed by atoms with Crippen LogP contribution in [-0.4, -0.2) is 26.9 Å². The summed E-state index contributed by atoms with van der Waals surface area (Å²) in [6.45, 7) is 3.88. The minimum atomic E-state index is -1.03. The van der Waals surface area contributed by atoms with E-state index in [2.05, 4.69) is 4.98 Å². The molecule has 1 heterocycles. The van der Waals surface area contributed by atoms with Crippen molar-refractivity contribution in [3.63, 3.8) is 0 Å². The van der Waals surface area contributed by atoms with E-state index in [0.29, 0.717) is 27.9 Å². The van der Waals surface area contributed by atoms with Crippen LogP contribution in [-0.2, 0) is 5.54 Å². The van der Waals surface area contributed by atoms with E-state index in [1.54, 1.807) is 6.07 Å². The fourth-order valence-electron chi connectivity index (χ4n) is 3.51. The first-order chi connectivity index (χ1) is 14.7. The molecule has 0 fully saturated rings. The fourth-order valence-corrected chi connectivity index (χ4v) is 3.51. The van der Waals surface area contributed by atoms with Crippen molar-refractivity contribution in [2.45, 2.75) is 19.4 Å². The molecular weight excluding hydrogens is 390 g/mol. The van der Waals surface area contributed by atoms with Crippen LogP contribution in [0.2, 0.25) is 0 Å². The predicted octanol–water partition coefficient (Wildman–Crippen LogP) is 4.93. The van der Waals surface area contributed by atoms with Crippen molar-refractivity contribution in [1.82, 2.24) is 4.98 Å². The van der Waals surface area contributed by atoms with E-state index in [-0.39, 0.29) is 11.4 Å². The minimum Gasteiger partial charge on any atom is -0.494 e. The summed E-state index contributed by atoms with van der Waals surface area (Å²) < 4.78 is 0. The van der Waals surface area contributed by atoms with Gasteiger partial charge in [-0.3, -0.25) is 0 Å². The van der Waals surface area contributed by atoms with E-state index < -0.39 is 11.5 Å². The summed E-state index contributed by atoms with van der Waals surface area (Å²) in [7, 11) is 0. The lowest BCUT2D eigenvalue weighted by Crippen LogP contribution is -2.28. The highest BCUT2D eigenvalue weighted by Crippen LogP contribution is 2.32. The minimum absolute atomic E-state index is 0.0696. The molecule has 156 valence electrons. The average molecular weight is 413 g/mol. The normalized spacial score (nSPS) is 12.3. The summed E-state index contributed by atoms with van der Waals surface area (Å²) in [4.78, 5) is 19.0. The number of aromatic amines is 1. The summed E-state index contributed by atoms with van der Waals surface area (Å²) in [6.07, 6.45) is 0. The van der Waals surface area contributed by atoms with Crippen LogP contribution in [0.1, 0.15) is 40.9 Å². The Bertz CT molecular complexity index is 1280. The second-order valence-corrected chi connectivity index (χ2v) is 8.01. The number of aromatic carboxylic acids is 1. The van der Waals surface area contributed by atoms with Gasteiger partial charge in [-0.1, -0.05) is 48.5 Å². The van der Waals surface area contributed by atoms with E-state index in [1.165, 1.54) is 12.1 Å². The number of fused-ring (bicyclic) bond motifs is 1. The third kappa shape index (κ3) is 4.06. The van der Waals surface area contributed by atoms with Crippen molar-refractivity contribution in [2.24, 2.45) is 10.7 Å². The van der Waals surface area contributed by atoms with Crippen LogP contribution in [0.25, 0.3) is 10.9 Å². The van der Waals surface area contributed by atoms with Crippen molar-refractivity contribution < 1.29 is 15.0 Å². The highest BCUT2D eigenvalue weighted by atomic mass is 16.4. The first kappa shape index (κ1) is 20.4. The number of hydrogen-bond acceptors (Lipinski definition) is 4. The van der Waals surface area contributed by atoms with Gasteiger partial charge < -0.3 is 20.9 Å². The van der Waals surface area contributed by atoms with E-state index in [9.17, 15) is 15.0 Å². The number of benzene rings is 3. The zero-order valence-electron chi connectivity index (χ0n) is 17.3. The quantitative estimate of drug-likeness (QED) is 0.347. The summed E-state index contributed by atoms with van der Waals surface area (Å²) in [5.74, 6) is -1.10. The molecule has 0 aliphatic heterocycles. The second-order valence-electron chi connectivity index (χ2n) is 8.01.